The first kappa shape index (κ1) is 12.2. The van der Waals surface area contributed by atoms with Gasteiger partial charge in [-0.2, -0.15) is 5.10 Å². The molecule has 1 aromatic carbocycles. The Labute approximate surface area is 112 Å². The second-order valence-corrected chi connectivity index (χ2v) is 6.47. The fourth-order valence-corrected chi connectivity index (χ4v) is 3.95. The third-order valence-corrected chi connectivity index (χ3v) is 4.95. The van der Waals surface area contributed by atoms with Crippen molar-refractivity contribution >= 4 is 15.8 Å². The van der Waals surface area contributed by atoms with E-state index < -0.39 is 10.0 Å². The molecular weight excluding hydrogens is 262 g/mol. The number of fused-ring (bicyclic) bond motifs is 1. The molecule has 0 fully saturated rings. The Morgan fingerprint density at radius 1 is 1.11 bits per heavy atom. The van der Waals surface area contributed by atoms with Gasteiger partial charge in [-0.3, -0.25) is 4.31 Å². The van der Waals surface area contributed by atoms with Crippen molar-refractivity contribution in [1.82, 2.24) is 9.78 Å². The first-order valence-corrected chi connectivity index (χ1v) is 7.84. The minimum Gasteiger partial charge on any atom is -0.254 e. The van der Waals surface area contributed by atoms with Crippen molar-refractivity contribution < 1.29 is 8.42 Å². The van der Waals surface area contributed by atoms with Crippen LogP contribution in [0.1, 0.15) is 12.0 Å². The number of sulfonamides is 1. The Hall–Kier alpha value is -1.82. The molecule has 1 aliphatic heterocycles. The van der Waals surface area contributed by atoms with E-state index in [2.05, 4.69) is 5.10 Å². The van der Waals surface area contributed by atoms with Crippen molar-refractivity contribution in [2.24, 2.45) is 0 Å². The van der Waals surface area contributed by atoms with E-state index in [1.54, 1.807) is 16.9 Å². The predicted molar refractivity (Wildman–Crippen MR) is 73.3 cm³/mol. The van der Waals surface area contributed by atoms with Crippen LogP contribution in [0.3, 0.4) is 0 Å². The van der Waals surface area contributed by atoms with E-state index in [9.17, 15) is 8.42 Å². The molecule has 0 amide bonds. The van der Waals surface area contributed by atoms with E-state index in [4.69, 9.17) is 0 Å². The third-order valence-electron chi connectivity index (χ3n) is 3.21. The van der Waals surface area contributed by atoms with Crippen molar-refractivity contribution in [3.63, 3.8) is 0 Å². The molecule has 6 heteroatoms. The molecule has 1 aliphatic rings. The SMILES string of the molecule is O=S(=O)(Cc1ccccc1)N1CCCn2nccc21. The molecule has 19 heavy (non-hydrogen) atoms. The molecule has 2 heterocycles. The molecule has 0 unspecified atom stereocenters. The summed E-state index contributed by atoms with van der Waals surface area (Å²) < 4.78 is 28.2. The molecule has 0 radical (unpaired) electrons. The van der Waals surface area contributed by atoms with Gasteiger partial charge < -0.3 is 0 Å². The summed E-state index contributed by atoms with van der Waals surface area (Å²) >= 11 is 0. The molecule has 0 spiro atoms. The molecule has 0 bridgehead atoms. The van der Waals surface area contributed by atoms with Gasteiger partial charge in [0.1, 0.15) is 5.82 Å². The topological polar surface area (TPSA) is 55.2 Å². The lowest BCUT2D eigenvalue weighted by molar-refractivity contribution is 0.532. The average molecular weight is 277 g/mol. The highest BCUT2D eigenvalue weighted by atomic mass is 32.2. The molecule has 0 atom stereocenters. The van der Waals surface area contributed by atoms with Gasteiger partial charge in [0.15, 0.2) is 0 Å². The summed E-state index contributed by atoms with van der Waals surface area (Å²) in [6.45, 7) is 1.31. The van der Waals surface area contributed by atoms with Gasteiger partial charge in [0.05, 0.1) is 11.9 Å². The summed E-state index contributed by atoms with van der Waals surface area (Å²) in [6.07, 6.45) is 2.44. The zero-order chi connectivity index (χ0) is 13.3. The maximum absolute atomic E-state index is 12.5. The predicted octanol–water partition coefficient (Wildman–Crippen LogP) is 1.62. The lowest BCUT2D eigenvalue weighted by atomic mass is 10.2. The first-order valence-electron chi connectivity index (χ1n) is 6.23. The van der Waals surface area contributed by atoms with Crippen molar-refractivity contribution in [3.05, 3.63) is 48.2 Å². The van der Waals surface area contributed by atoms with Crippen LogP contribution >= 0.6 is 0 Å². The molecule has 1 aromatic heterocycles. The highest BCUT2D eigenvalue weighted by Gasteiger charge is 2.28. The summed E-state index contributed by atoms with van der Waals surface area (Å²) in [7, 11) is -3.35. The largest absolute Gasteiger partial charge is 0.254 e. The van der Waals surface area contributed by atoms with Gasteiger partial charge in [-0.15, -0.1) is 0 Å². The lowest BCUT2D eigenvalue weighted by Gasteiger charge is -2.28. The van der Waals surface area contributed by atoms with Crippen LogP contribution in [-0.2, 0) is 22.3 Å². The van der Waals surface area contributed by atoms with Crippen LogP contribution in [-0.4, -0.2) is 24.7 Å². The van der Waals surface area contributed by atoms with Crippen LogP contribution in [0.4, 0.5) is 5.82 Å². The van der Waals surface area contributed by atoms with E-state index >= 15 is 0 Å². The second-order valence-electron chi connectivity index (χ2n) is 4.58. The average Bonchev–Trinajstić information content (AvgIpc) is 2.87. The first-order chi connectivity index (χ1) is 9.17. The Kier molecular flexibility index (Phi) is 3.02. The monoisotopic (exact) mass is 277 g/mol. The van der Waals surface area contributed by atoms with Gasteiger partial charge in [-0.25, -0.2) is 13.1 Å². The van der Waals surface area contributed by atoms with Crippen LogP contribution < -0.4 is 4.31 Å². The number of aromatic nitrogens is 2. The van der Waals surface area contributed by atoms with E-state index in [1.807, 2.05) is 30.3 Å². The van der Waals surface area contributed by atoms with E-state index in [1.165, 1.54) is 4.31 Å². The molecule has 0 saturated heterocycles. The lowest BCUT2D eigenvalue weighted by Crippen LogP contribution is -2.38. The number of rotatable bonds is 3. The smallest absolute Gasteiger partial charge is 0.240 e. The highest BCUT2D eigenvalue weighted by molar-refractivity contribution is 7.92. The van der Waals surface area contributed by atoms with E-state index in [-0.39, 0.29) is 5.75 Å². The Morgan fingerprint density at radius 3 is 2.68 bits per heavy atom. The third kappa shape index (κ3) is 2.35. The number of nitrogens with zero attached hydrogens (tertiary/aromatic N) is 3. The van der Waals surface area contributed by atoms with E-state index in [0.717, 1.165) is 18.5 Å². The number of benzene rings is 1. The maximum Gasteiger partial charge on any atom is 0.240 e. The van der Waals surface area contributed by atoms with Crippen molar-refractivity contribution in [1.29, 1.82) is 0 Å². The highest BCUT2D eigenvalue weighted by Crippen LogP contribution is 2.24. The summed E-state index contributed by atoms with van der Waals surface area (Å²) in [5.41, 5.74) is 0.805. The van der Waals surface area contributed by atoms with Crippen LogP contribution in [0.2, 0.25) is 0 Å². The standard InChI is InChI=1S/C13H15N3O2S/c17-19(18,11-12-5-2-1-3-6-12)16-10-4-9-15-13(16)7-8-14-15/h1-3,5-8H,4,9-11H2. The fraction of sp³-hybridized carbons (Fsp3) is 0.308. The van der Waals surface area contributed by atoms with Gasteiger partial charge in [0.2, 0.25) is 10.0 Å². The Bertz CT molecular complexity index is 664. The van der Waals surface area contributed by atoms with E-state index in [0.29, 0.717) is 12.4 Å². The number of hydrogen-bond acceptors (Lipinski definition) is 3. The van der Waals surface area contributed by atoms with Gasteiger partial charge >= 0.3 is 0 Å². The summed E-state index contributed by atoms with van der Waals surface area (Å²) in [6, 6.07) is 11.0. The zero-order valence-electron chi connectivity index (χ0n) is 10.4. The second kappa shape index (κ2) is 4.70. The zero-order valence-corrected chi connectivity index (χ0v) is 11.3. The maximum atomic E-state index is 12.5. The number of hydrogen-bond donors (Lipinski definition) is 0. The van der Waals surface area contributed by atoms with Crippen molar-refractivity contribution in [3.8, 4) is 0 Å². The molecule has 2 aromatic rings. The molecule has 0 N–H and O–H groups in total. The molecule has 0 saturated carbocycles. The van der Waals surface area contributed by atoms with Gasteiger partial charge in [-0.05, 0) is 12.0 Å². The van der Waals surface area contributed by atoms with Crippen LogP contribution in [0.25, 0.3) is 0 Å². The summed E-state index contributed by atoms with van der Waals surface area (Å²) in [5.74, 6) is 0.695. The number of aryl methyl sites for hydroxylation is 1. The van der Waals surface area contributed by atoms with Gasteiger partial charge in [0, 0.05) is 19.2 Å². The molecular formula is C13H15N3O2S. The molecule has 0 aliphatic carbocycles. The van der Waals surface area contributed by atoms with Crippen LogP contribution in [0, 0.1) is 0 Å². The normalized spacial score (nSPS) is 15.3. The quantitative estimate of drug-likeness (QED) is 0.856. The Balaban J connectivity index is 1.90. The Morgan fingerprint density at radius 2 is 1.89 bits per heavy atom. The minimum absolute atomic E-state index is 0.0268. The molecule has 5 nitrogen and oxygen atoms in total. The van der Waals surface area contributed by atoms with Gasteiger partial charge in [-0.1, -0.05) is 30.3 Å². The molecule has 100 valence electrons. The fourth-order valence-electron chi connectivity index (χ4n) is 2.33. The molecule has 3 rings (SSSR count). The van der Waals surface area contributed by atoms with Crippen LogP contribution in [0.15, 0.2) is 42.6 Å². The number of anilines is 1. The van der Waals surface area contributed by atoms with Crippen molar-refractivity contribution in [2.45, 2.75) is 18.7 Å². The van der Waals surface area contributed by atoms with Crippen molar-refractivity contribution in [2.75, 3.05) is 10.8 Å². The summed E-state index contributed by atoms with van der Waals surface area (Å²) in [5, 5.41) is 4.14. The van der Waals surface area contributed by atoms with Crippen LogP contribution in [0.5, 0.6) is 0 Å². The summed E-state index contributed by atoms with van der Waals surface area (Å²) in [4.78, 5) is 0. The minimum atomic E-state index is -3.35. The van der Waals surface area contributed by atoms with Gasteiger partial charge in [0.25, 0.3) is 0 Å².